The number of rotatable bonds is 1. The normalized spacial score (nSPS) is 6.33. The lowest BCUT2D eigenvalue weighted by atomic mass is 10.6. The van der Waals surface area contributed by atoms with E-state index in [0.29, 0.717) is 0 Å². The van der Waals surface area contributed by atoms with E-state index in [-0.39, 0.29) is 6.61 Å². The first-order valence-electron chi connectivity index (χ1n) is 1.57. The van der Waals surface area contributed by atoms with Gasteiger partial charge in [0.05, 0.1) is 0 Å². The molecule has 0 saturated carbocycles. The van der Waals surface area contributed by atoms with Gasteiger partial charge in [-0.2, -0.15) is 0 Å². The first kappa shape index (κ1) is 5.48. The van der Waals surface area contributed by atoms with Gasteiger partial charge in [-0.15, -0.1) is 5.92 Å². The van der Waals surface area contributed by atoms with Crippen molar-refractivity contribution in [3.8, 4) is 11.8 Å². The summed E-state index contributed by atoms with van der Waals surface area (Å²) >= 11 is 0. The molecular weight excluding hydrogens is 78.0 g/mol. The summed E-state index contributed by atoms with van der Waals surface area (Å²) in [6.45, 7) is 1.79. The Morgan fingerprint density at radius 2 is 2.50 bits per heavy atom. The third-order valence-electron chi connectivity index (χ3n) is 0.313. The Kier molecular flexibility index (Phi) is 4.09. The van der Waals surface area contributed by atoms with Crippen LogP contribution in [0.15, 0.2) is 0 Å². The van der Waals surface area contributed by atoms with Gasteiger partial charge < -0.3 is 0 Å². The van der Waals surface area contributed by atoms with E-state index in [0.717, 1.165) is 0 Å². The van der Waals surface area contributed by atoms with Crippen LogP contribution in [0, 0.1) is 11.8 Å². The number of hydrogen-bond acceptors (Lipinski definition) is 1. The second-order valence-corrected chi connectivity index (χ2v) is 0.700. The molecule has 0 heterocycles. The Morgan fingerprint density at radius 3 is 2.67 bits per heavy atom. The third kappa shape index (κ3) is 3.48. The Balaban J connectivity index is 2.79. The van der Waals surface area contributed by atoms with Gasteiger partial charge in [0.2, 0.25) is 0 Å². The van der Waals surface area contributed by atoms with Gasteiger partial charge in [0, 0.05) is 5.90 Å². The van der Waals surface area contributed by atoms with Crippen molar-refractivity contribution in [2.75, 3.05) is 6.61 Å². The van der Waals surface area contributed by atoms with E-state index in [1.165, 1.54) is 0 Å². The smallest absolute Gasteiger partial charge is 0.132 e. The Bertz CT molecular complexity index is 69.4. The molecule has 0 aromatic heterocycles. The van der Waals surface area contributed by atoms with Crippen molar-refractivity contribution in [2.24, 2.45) is 0 Å². The van der Waals surface area contributed by atoms with Gasteiger partial charge in [0.25, 0.3) is 0 Å². The van der Waals surface area contributed by atoms with Gasteiger partial charge >= 0.3 is 0 Å². The summed E-state index contributed by atoms with van der Waals surface area (Å²) in [5, 5.41) is 0. The van der Waals surface area contributed by atoms with Crippen molar-refractivity contribution < 1.29 is 4.84 Å². The molecule has 0 aromatic carbocycles. The molecular formula is C4H5NO. The summed E-state index contributed by atoms with van der Waals surface area (Å²) < 4.78 is 0. The molecule has 0 rings (SSSR count). The Hall–Kier alpha value is -0.520. The number of hydrogen-bond donors (Lipinski definition) is 0. The fourth-order valence-corrected chi connectivity index (χ4v) is 0.104. The molecule has 32 valence electrons. The molecule has 2 radical (unpaired) electrons. The van der Waals surface area contributed by atoms with Crippen LogP contribution in [0.3, 0.4) is 0 Å². The Labute approximate surface area is 37.2 Å². The van der Waals surface area contributed by atoms with Crippen LogP contribution >= 0.6 is 0 Å². The average molecular weight is 83.1 g/mol. The van der Waals surface area contributed by atoms with E-state index in [1.54, 1.807) is 6.92 Å². The highest BCUT2D eigenvalue weighted by Crippen LogP contribution is 1.55. The van der Waals surface area contributed by atoms with Crippen LogP contribution in [0.2, 0.25) is 0 Å². The van der Waals surface area contributed by atoms with Gasteiger partial charge in [-0.1, -0.05) is 5.92 Å². The zero-order valence-electron chi connectivity index (χ0n) is 3.56. The SMILES string of the molecule is CC#CCO[N]. The quantitative estimate of drug-likeness (QED) is 0.324. The molecule has 0 N–H and O–H groups in total. The lowest BCUT2D eigenvalue weighted by Gasteiger charge is -1.72. The van der Waals surface area contributed by atoms with E-state index >= 15 is 0 Å². The topological polar surface area (TPSA) is 31.5 Å². The van der Waals surface area contributed by atoms with Gasteiger partial charge in [-0.3, -0.25) is 4.84 Å². The van der Waals surface area contributed by atoms with Crippen molar-refractivity contribution in [1.29, 1.82) is 0 Å². The third-order valence-corrected chi connectivity index (χ3v) is 0.313. The molecule has 0 saturated heterocycles. The lowest BCUT2D eigenvalue weighted by molar-refractivity contribution is 0.151. The molecule has 0 bridgehead atoms. The van der Waals surface area contributed by atoms with E-state index in [1.807, 2.05) is 0 Å². The summed E-state index contributed by atoms with van der Waals surface area (Å²) in [5.41, 5.74) is 0. The Morgan fingerprint density at radius 1 is 1.83 bits per heavy atom. The maximum Gasteiger partial charge on any atom is 0.132 e. The fourth-order valence-electron chi connectivity index (χ4n) is 0.104. The van der Waals surface area contributed by atoms with Gasteiger partial charge in [-0.25, -0.2) is 0 Å². The van der Waals surface area contributed by atoms with Crippen LogP contribution < -0.4 is 5.90 Å². The molecule has 0 atom stereocenters. The van der Waals surface area contributed by atoms with Crippen molar-refractivity contribution in [3.05, 3.63) is 0 Å². The maximum atomic E-state index is 7.59. The molecule has 0 aliphatic heterocycles. The standard InChI is InChI=1S/C4H5NO/c1-2-3-4-6-5/h4H2,1H3. The molecule has 0 spiro atoms. The zero-order chi connectivity index (χ0) is 4.83. The molecule has 0 amide bonds. The molecule has 6 heavy (non-hydrogen) atoms. The highest BCUT2D eigenvalue weighted by atomic mass is 16.6. The van der Waals surface area contributed by atoms with Crippen LogP contribution in [0.1, 0.15) is 6.92 Å². The average Bonchev–Trinajstić information content (AvgIpc) is 1.61. The minimum Gasteiger partial charge on any atom is -0.251 e. The van der Waals surface area contributed by atoms with Crippen molar-refractivity contribution >= 4 is 0 Å². The predicted octanol–water partition coefficient (Wildman–Crippen LogP) is 0.0100. The monoisotopic (exact) mass is 83.0 g/mol. The van der Waals surface area contributed by atoms with Gasteiger partial charge in [0.1, 0.15) is 6.61 Å². The van der Waals surface area contributed by atoms with E-state index in [2.05, 4.69) is 16.7 Å². The van der Waals surface area contributed by atoms with Crippen LogP contribution in [-0.4, -0.2) is 6.61 Å². The minimum atomic E-state index is 0.108. The maximum absolute atomic E-state index is 7.59. The van der Waals surface area contributed by atoms with Crippen LogP contribution in [0.4, 0.5) is 0 Å². The summed E-state index contributed by atoms with van der Waals surface area (Å²) in [6, 6.07) is 0. The second-order valence-electron chi connectivity index (χ2n) is 0.700. The molecule has 0 aliphatic carbocycles. The lowest BCUT2D eigenvalue weighted by Crippen LogP contribution is -1.82. The molecule has 0 fully saturated rings. The van der Waals surface area contributed by atoms with Gasteiger partial charge in [0.15, 0.2) is 0 Å². The van der Waals surface area contributed by atoms with Crippen LogP contribution in [-0.2, 0) is 4.84 Å². The first-order chi connectivity index (χ1) is 2.91. The van der Waals surface area contributed by atoms with E-state index in [9.17, 15) is 0 Å². The van der Waals surface area contributed by atoms with Crippen LogP contribution in [0.5, 0.6) is 0 Å². The minimum absolute atomic E-state index is 0.108. The van der Waals surface area contributed by atoms with Crippen LogP contribution in [0.25, 0.3) is 0 Å². The largest absolute Gasteiger partial charge is 0.251 e. The zero-order valence-corrected chi connectivity index (χ0v) is 3.56. The first-order valence-corrected chi connectivity index (χ1v) is 1.57. The van der Waals surface area contributed by atoms with Crippen molar-refractivity contribution in [2.45, 2.75) is 6.92 Å². The summed E-state index contributed by atoms with van der Waals surface area (Å²) in [5.74, 6) is 12.6. The molecule has 0 aromatic rings. The number of nitrogens with zero attached hydrogens (tertiary/aromatic N) is 1. The van der Waals surface area contributed by atoms with Crippen molar-refractivity contribution in [1.82, 2.24) is 5.90 Å². The van der Waals surface area contributed by atoms with Crippen molar-refractivity contribution in [3.63, 3.8) is 0 Å². The highest BCUT2D eigenvalue weighted by Gasteiger charge is 1.64. The molecule has 0 aliphatic rings. The van der Waals surface area contributed by atoms with Gasteiger partial charge in [-0.05, 0) is 6.92 Å². The summed E-state index contributed by atoms with van der Waals surface area (Å²) in [6.07, 6.45) is 0. The van der Waals surface area contributed by atoms with E-state index in [4.69, 9.17) is 5.90 Å². The predicted molar refractivity (Wildman–Crippen MR) is 21.5 cm³/mol. The van der Waals surface area contributed by atoms with E-state index < -0.39 is 0 Å². The second kappa shape index (κ2) is 4.48. The molecule has 2 heteroatoms. The highest BCUT2D eigenvalue weighted by molar-refractivity contribution is 4.94. The summed E-state index contributed by atoms with van der Waals surface area (Å²) in [4.78, 5) is 3.61. The fraction of sp³-hybridized carbons (Fsp3) is 0.500. The molecule has 0 unspecified atom stereocenters. The molecule has 2 nitrogen and oxygen atoms in total. The summed E-state index contributed by atoms with van der Waals surface area (Å²) in [7, 11) is 0.